The SMILES string of the molecule is CCCCCCCCOC(=O)c1ccc(C(=O)NCCCC(CCCC)c2ccccc2)c(=O)cc1. The van der Waals surface area contributed by atoms with E-state index in [9.17, 15) is 14.4 Å². The Kier molecular flexibility index (Phi) is 14.2. The van der Waals surface area contributed by atoms with Crippen molar-refractivity contribution in [3.63, 3.8) is 0 Å². The van der Waals surface area contributed by atoms with Gasteiger partial charge in [-0.05, 0) is 61.4 Å². The maximum Gasteiger partial charge on any atom is 0.338 e. The zero-order valence-electron chi connectivity index (χ0n) is 22.1. The van der Waals surface area contributed by atoms with E-state index in [4.69, 9.17) is 4.74 Å². The fraction of sp³-hybridized carbons (Fsp3) is 0.516. The minimum Gasteiger partial charge on any atom is -0.462 e. The largest absolute Gasteiger partial charge is 0.462 e. The van der Waals surface area contributed by atoms with E-state index >= 15 is 0 Å². The van der Waals surface area contributed by atoms with E-state index in [0.717, 1.165) is 44.9 Å². The second-order valence-corrected chi connectivity index (χ2v) is 9.45. The number of hydrogen-bond acceptors (Lipinski definition) is 4. The van der Waals surface area contributed by atoms with Gasteiger partial charge in [0.2, 0.25) is 0 Å². The Morgan fingerprint density at radius 1 is 0.778 bits per heavy atom. The van der Waals surface area contributed by atoms with E-state index in [1.54, 1.807) is 0 Å². The number of nitrogens with one attached hydrogen (secondary N) is 1. The molecule has 36 heavy (non-hydrogen) atoms. The van der Waals surface area contributed by atoms with Gasteiger partial charge in [-0.25, -0.2) is 4.79 Å². The summed E-state index contributed by atoms with van der Waals surface area (Å²) in [4.78, 5) is 37.5. The first-order chi connectivity index (χ1) is 17.6. The smallest absolute Gasteiger partial charge is 0.338 e. The maximum absolute atomic E-state index is 12.7. The molecular weight excluding hydrogens is 450 g/mol. The van der Waals surface area contributed by atoms with Gasteiger partial charge in [0.1, 0.15) is 0 Å². The molecule has 2 rings (SSSR count). The second kappa shape index (κ2) is 17.5. The van der Waals surface area contributed by atoms with E-state index in [1.807, 2.05) is 6.07 Å². The lowest BCUT2D eigenvalue weighted by atomic mass is 9.89. The first-order valence-corrected chi connectivity index (χ1v) is 13.7. The van der Waals surface area contributed by atoms with Crippen LogP contribution in [0.5, 0.6) is 0 Å². The Bertz CT molecular complexity index is 974. The summed E-state index contributed by atoms with van der Waals surface area (Å²) in [7, 11) is 0. The van der Waals surface area contributed by atoms with Crippen LogP contribution < -0.4 is 10.7 Å². The van der Waals surface area contributed by atoms with Gasteiger partial charge in [-0.2, -0.15) is 0 Å². The molecule has 0 fully saturated rings. The number of hydrogen-bond donors (Lipinski definition) is 1. The highest BCUT2D eigenvalue weighted by molar-refractivity contribution is 5.95. The average Bonchev–Trinajstić information content (AvgIpc) is 3.09. The molecule has 5 heteroatoms. The van der Waals surface area contributed by atoms with Crippen molar-refractivity contribution in [2.24, 2.45) is 0 Å². The van der Waals surface area contributed by atoms with Crippen molar-refractivity contribution in [2.75, 3.05) is 13.2 Å². The van der Waals surface area contributed by atoms with Gasteiger partial charge in [-0.3, -0.25) is 9.59 Å². The summed E-state index contributed by atoms with van der Waals surface area (Å²) >= 11 is 0. The number of carbonyl (C=O) groups excluding carboxylic acids is 2. The summed E-state index contributed by atoms with van der Waals surface area (Å²) < 4.78 is 5.34. The van der Waals surface area contributed by atoms with Crippen LogP contribution in [0.25, 0.3) is 0 Å². The minimum absolute atomic E-state index is 0.0376. The maximum atomic E-state index is 12.7. The third-order valence-corrected chi connectivity index (χ3v) is 6.51. The summed E-state index contributed by atoms with van der Waals surface area (Å²) in [6.07, 6.45) is 11.9. The fourth-order valence-electron chi connectivity index (χ4n) is 4.32. The Balaban J connectivity index is 1.83. The first kappa shape index (κ1) is 29.3. The van der Waals surface area contributed by atoms with Gasteiger partial charge in [-0.15, -0.1) is 0 Å². The number of unbranched alkanes of at least 4 members (excludes halogenated alkanes) is 6. The molecule has 0 heterocycles. The van der Waals surface area contributed by atoms with Crippen LogP contribution in [0.3, 0.4) is 0 Å². The highest BCUT2D eigenvalue weighted by atomic mass is 16.5. The van der Waals surface area contributed by atoms with Gasteiger partial charge in [0.25, 0.3) is 5.91 Å². The molecule has 0 saturated carbocycles. The number of ether oxygens (including phenoxy) is 1. The zero-order valence-corrected chi connectivity index (χ0v) is 22.1. The molecule has 0 aliphatic rings. The molecule has 0 spiro atoms. The fourth-order valence-corrected chi connectivity index (χ4v) is 4.32. The quantitative estimate of drug-likeness (QED) is 0.189. The summed E-state index contributed by atoms with van der Waals surface area (Å²) in [6, 6.07) is 16.1. The molecule has 0 saturated heterocycles. The van der Waals surface area contributed by atoms with E-state index in [2.05, 4.69) is 43.4 Å². The highest BCUT2D eigenvalue weighted by Gasteiger charge is 2.13. The molecule has 1 N–H and O–H groups in total. The standard InChI is InChI=1S/C31H43NO4/c1-3-5-7-8-9-13-24-36-31(35)27-19-21-28(29(33)22-20-27)30(34)32-23-14-18-25(15-6-4-2)26-16-11-10-12-17-26/h10-12,16-17,19-22,25H,3-9,13-15,18,23-24H2,1-2H3,(H,32,34). The molecule has 0 aliphatic carbocycles. The molecule has 1 atom stereocenters. The summed E-state index contributed by atoms with van der Waals surface area (Å²) in [6.45, 7) is 5.24. The monoisotopic (exact) mass is 493 g/mol. The van der Waals surface area contributed by atoms with E-state index in [1.165, 1.54) is 55.5 Å². The predicted octanol–water partition coefficient (Wildman–Crippen LogP) is 7.05. The minimum atomic E-state index is -0.468. The lowest BCUT2D eigenvalue weighted by Crippen LogP contribution is -2.28. The molecule has 2 aromatic carbocycles. The van der Waals surface area contributed by atoms with Gasteiger partial charge < -0.3 is 10.1 Å². The Hall–Kier alpha value is -2.95. The molecule has 0 aromatic heterocycles. The summed E-state index contributed by atoms with van der Waals surface area (Å²) in [5.74, 6) is -0.408. The topological polar surface area (TPSA) is 72.5 Å². The molecule has 2 aromatic rings. The first-order valence-electron chi connectivity index (χ1n) is 13.7. The van der Waals surface area contributed by atoms with Gasteiger partial charge in [0, 0.05) is 6.54 Å². The van der Waals surface area contributed by atoms with E-state index in [-0.39, 0.29) is 11.1 Å². The number of benzene rings is 1. The Labute approximate surface area is 216 Å². The van der Waals surface area contributed by atoms with Crippen LogP contribution in [-0.4, -0.2) is 25.0 Å². The van der Waals surface area contributed by atoms with Crippen molar-refractivity contribution >= 4 is 11.9 Å². The Morgan fingerprint density at radius 3 is 2.19 bits per heavy atom. The van der Waals surface area contributed by atoms with Crippen molar-refractivity contribution in [3.05, 3.63) is 81.5 Å². The van der Waals surface area contributed by atoms with Gasteiger partial charge in [0.05, 0.1) is 17.7 Å². The van der Waals surface area contributed by atoms with Gasteiger partial charge in [0.15, 0.2) is 5.43 Å². The predicted molar refractivity (Wildman–Crippen MR) is 147 cm³/mol. The summed E-state index contributed by atoms with van der Waals surface area (Å²) in [5, 5.41) is 2.87. The molecule has 196 valence electrons. The molecule has 0 aliphatic heterocycles. The van der Waals surface area contributed by atoms with Crippen LogP contribution in [0.2, 0.25) is 0 Å². The third-order valence-electron chi connectivity index (χ3n) is 6.51. The van der Waals surface area contributed by atoms with Gasteiger partial charge >= 0.3 is 5.97 Å². The Morgan fingerprint density at radius 2 is 1.44 bits per heavy atom. The molecule has 0 bridgehead atoms. The lowest BCUT2D eigenvalue weighted by Gasteiger charge is -2.17. The van der Waals surface area contributed by atoms with Crippen LogP contribution >= 0.6 is 0 Å². The third kappa shape index (κ3) is 10.8. The van der Waals surface area contributed by atoms with Crippen molar-refractivity contribution < 1.29 is 14.3 Å². The van der Waals surface area contributed by atoms with Crippen LogP contribution in [0, 0.1) is 0 Å². The highest BCUT2D eigenvalue weighted by Crippen LogP contribution is 2.26. The van der Waals surface area contributed by atoms with Crippen molar-refractivity contribution in [1.29, 1.82) is 0 Å². The summed E-state index contributed by atoms with van der Waals surface area (Å²) in [5.41, 5.74) is 1.24. The van der Waals surface area contributed by atoms with Crippen LogP contribution in [0.4, 0.5) is 0 Å². The van der Waals surface area contributed by atoms with Gasteiger partial charge in [-0.1, -0.05) is 89.1 Å². The molecule has 5 nitrogen and oxygen atoms in total. The van der Waals surface area contributed by atoms with Crippen molar-refractivity contribution in [2.45, 2.75) is 90.4 Å². The normalized spacial score (nSPS) is 11.6. The van der Waals surface area contributed by atoms with Crippen molar-refractivity contribution in [3.8, 4) is 0 Å². The van der Waals surface area contributed by atoms with Crippen LogP contribution in [-0.2, 0) is 4.74 Å². The van der Waals surface area contributed by atoms with Crippen molar-refractivity contribution in [1.82, 2.24) is 5.32 Å². The van der Waals surface area contributed by atoms with E-state index in [0.29, 0.717) is 19.1 Å². The number of esters is 1. The number of amides is 1. The zero-order chi connectivity index (χ0) is 26.0. The average molecular weight is 494 g/mol. The van der Waals surface area contributed by atoms with E-state index < -0.39 is 17.3 Å². The van der Waals surface area contributed by atoms with Crippen LogP contribution in [0.15, 0.2) is 59.4 Å². The number of rotatable bonds is 17. The second-order valence-electron chi connectivity index (χ2n) is 9.45. The molecule has 0 radical (unpaired) electrons. The molecular formula is C31H43NO4. The number of carbonyl (C=O) groups is 2. The lowest BCUT2D eigenvalue weighted by molar-refractivity contribution is 0.0497. The van der Waals surface area contributed by atoms with Crippen LogP contribution in [0.1, 0.15) is 117 Å². The molecule has 1 unspecified atom stereocenters. The molecule has 1 amide bonds.